The molecule has 1 aromatic carbocycles. The number of azide groups is 1. The zero-order chi connectivity index (χ0) is 15.4. The second-order valence-corrected chi connectivity index (χ2v) is 3.97. The van der Waals surface area contributed by atoms with E-state index in [0.717, 1.165) is 0 Å². The molecule has 0 saturated heterocycles. The molecule has 0 atom stereocenters. The zero-order valence-electron chi connectivity index (χ0n) is 11.6. The first-order chi connectivity index (χ1) is 10.1. The third-order valence-electron chi connectivity index (χ3n) is 2.85. The highest BCUT2D eigenvalue weighted by Crippen LogP contribution is 2.28. The van der Waals surface area contributed by atoms with Gasteiger partial charge in [-0.2, -0.15) is 0 Å². The summed E-state index contributed by atoms with van der Waals surface area (Å²) in [7, 11) is 3.06. The molecule has 108 valence electrons. The molecule has 1 heterocycles. The molecule has 0 fully saturated rings. The van der Waals surface area contributed by atoms with Crippen LogP contribution in [0.4, 0.5) is 0 Å². The van der Waals surface area contributed by atoms with E-state index in [0.29, 0.717) is 22.9 Å². The summed E-state index contributed by atoms with van der Waals surface area (Å²) in [5.74, 6) is 0.346. The summed E-state index contributed by atoms with van der Waals surface area (Å²) in [4.78, 5) is 14.0. The van der Waals surface area contributed by atoms with E-state index in [1.807, 2.05) is 0 Å². The van der Waals surface area contributed by atoms with E-state index in [-0.39, 0.29) is 5.69 Å². The number of benzene rings is 1. The summed E-state index contributed by atoms with van der Waals surface area (Å²) in [5.41, 5.74) is 9.28. The van der Waals surface area contributed by atoms with E-state index in [4.69, 9.17) is 15.0 Å². The maximum Gasteiger partial charge on any atom is 0.271 e. The Morgan fingerprint density at radius 1 is 1.38 bits per heavy atom. The van der Waals surface area contributed by atoms with Crippen molar-refractivity contribution in [1.29, 1.82) is 0 Å². The van der Waals surface area contributed by atoms with E-state index >= 15 is 0 Å². The monoisotopic (exact) mass is 288 g/mol. The maximum atomic E-state index is 11.6. The first-order valence-corrected chi connectivity index (χ1v) is 5.86. The molecule has 0 N–H and O–H groups in total. The summed E-state index contributed by atoms with van der Waals surface area (Å²) < 4.78 is 11.8. The Hall–Kier alpha value is -3.06. The standard InChI is InChI=1S/C12H12N6O3/c1-7-11(12(19)15-16-13)14-17-18(7)9-6-8(20-2)4-5-10(9)21-3/h4-6H,1-3H3. The lowest BCUT2D eigenvalue weighted by Gasteiger charge is -2.11. The number of hydrogen-bond donors (Lipinski definition) is 0. The molecule has 21 heavy (non-hydrogen) atoms. The van der Waals surface area contributed by atoms with Gasteiger partial charge in [0.1, 0.15) is 17.2 Å². The average Bonchev–Trinajstić information content (AvgIpc) is 2.88. The largest absolute Gasteiger partial charge is 0.497 e. The van der Waals surface area contributed by atoms with E-state index in [9.17, 15) is 4.79 Å². The molecule has 0 unspecified atom stereocenters. The van der Waals surface area contributed by atoms with Gasteiger partial charge in [0.25, 0.3) is 5.91 Å². The van der Waals surface area contributed by atoms with Gasteiger partial charge in [-0.15, -0.1) is 5.10 Å². The number of ether oxygens (including phenoxy) is 2. The number of methoxy groups -OCH3 is 2. The van der Waals surface area contributed by atoms with Crippen molar-refractivity contribution in [3.8, 4) is 17.2 Å². The van der Waals surface area contributed by atoms with Crippen LogP contribution < -0.4 is 9.47 Å². The minimum atomic E-state index is -0.789. The summed E-state index contributed by atoms with van der Waals surface area (Å²) in [6.45, 7) is 1.64. The van der Waals surface area contributed by atoms with Crippen LogP contribution in [0.15, 0.2) is 23.3 Å². The number of carbonyl (C=O) groups excluding carboxylic acids is 1. The molecule has 9 nitrogen and oxygen atoms in total. The molecule has 2 aromatic rings. The van der Waals surface area contributed by atoms with Crippen LogP contribution in [0, 0.1) is 6.92 Å². The Morgan fingerprint density at radius 2 is 2.14 bits per heavy atom. The fourth-order valence-electron chi connectivity index (χ4n) is 1.81. The van der Waals surface area contributed by atoms with Gasteiger partial charge in [-0.3, -0.25) is 4.79 Å². The Kier molecular flexibility index (Phi) is 4.05. The fourth-order valence-corrected chi connectivity index (χ4v) is 1.81. The highest BCUT2D eigenvalue weighted by Gasteiger charge is 2.18. The minimum Gasteiger partial charge on any atom is -0.497 e. The van der Waals surface area contributed by atoms with Crippen molar-refractivity contribution in [1.82, 2.24) is 15.0 Å². The smallest absolute Gasteiger partial charge is 0.271 e. The predicted octanol–water partition coefficient (Wildman–Crippen LogP) is 2.04. The second-order valence-electron chi connectivity index (χ2n) is 3.97. The molecule has 2 rings (SSSR count). The topological polar surface area (TPSA) is 115 Å². The van der Waals surface area contributed by atoms with Crippen LogP contribution in [0.25, 0.3) is 16.1 Å². The summed E-state index contributed by atoms with van der Waals surface area (Å²) in [6, 6.07) is 5.15. The van der Waals surface area contributed by atoms with Gasteiger partial charge in [-0.25, -0.2) is 4.68 Å². The van der Waals surface area contributed by atoms with Gasteiger partial charge >= 0.3 is 0 Å². The van der Waals surface area contributed by atoms with Crippen molar-refractivity contribution < 1.29 is 14.3 Å². The van der Waals surface area contributed by atoms with Crippen LogP contribution in [-0.2, 0) is 0 Å². The van der Waals surface area contributed by atoms with Gasteiger partial charge in [0.15, 0.2) is 5.69 Å². The van der Waals surface area contributed by atoms with E-state index in [1.165, 1.54) is 18.9 Å². The molecule has 1 aromatic heterocycles. The van der Waals surface area contributed by atoms with Gasteiger partial charge in [0.2, 0.25) is 0 Å². The van der Waals surface area contributed by atoms with Crippen molar-refractivity contribution in [2.45, 2.75) is 6.92 Å². The van der Waals surface area contributed by atoms with Gasteiger partial charge in [-0.05, 0) is 29.7 Å². The van der Waals surface area contributed by atoms with Crippen LogP contribution in [0.3, 0.4) is 0 Å². The van der Waals surface area contributed by atoms with Crippen LogP contribution in [-0.4, -0.2) is 35.1 Å². The third kappa shape index (κ3) is 2.63. The lowest BCUT2D eigenvalue weighted by Crippen LogP contribution is -2.04. The Bertz CT molecular complexity index is 733. The van der Waals surface area contributed by atoms with Crippen molar-refractivity contribution >= 4 is 5.91 Å². The SMILES string of the molecule is COc1ccc(OC)c(-n2nnc(C(=O)N=[N+]=[N-])c2C)c1. The van der Waals surface area contributed by atoms with Crippen LogP contribution in [0.1, 0.15) is 16.2 Å². The molecule has 0 aliphatic carbocycles. The number of hydrogen-bond acceptors (Lipinski definition) is 5. The molecule has 0 saturated carbocycles. The summed E-state index contributed by atoms with van der Waals surface area (Å²) in [5, 5.41) is 10.7. The molecular formula is C12H12N6O3. The zero-order valence-corrected chi connectivity index (χ0v) is 11.6. The average molecular weight is 288 g/mol. The van der Waals surface area contributed by atoms with Crippen molar-refractivity contribution in [3.63, 3.8) is 0 Å². The van der Waals surface area contributed by atoms with Gasteiger partial charge in [-0.1, -0.05) is 5.21 Å². The predicted molar refractivity (Wildman–Crippen MR) is 72.7 cm³/mol. The second kappa shape index (κ2) is 5.93. The quantitative estimate of drug-likeness (QED) is 0.485. The summed E-state index contributed by atoms with van der Waals surface area (Å²) in [6.07, 6.45) is 0. The molecule has 0 spiro atoms. The normalized spacial score (nSPS) is 9.86. The molecule has 0 aliphatic heterocycles. The van der Waals surface area contributed by atoms with E-state index in [2.05, 4.69) is 20.3 Å². The molecule has 0 aliphatic rings. The number of nitrogens with zero attached hydrogens (tertiary/aromatic N) is 6. The first-order valence-electron chi connectivity index (χ1n) is 5.86. The number of amides is 1. The minimum absolute atomic E-state index is 0.0160. The summed E-state index contributed by atoms with van der Waals surface area (Å²) >= 11 is 0. The Morgan fingerprint density at radius 3 is 2.76 bits per heavy atom. The lowest BCUT2D eigenvalue weighted by molar-refractivity contribution is 0.0995. The lowest BCUT2D eigenvalue weighted by atomic mass is 10.2. The molecule has 1 amide bonds. The van der Waals surface area contributed by atoms with Crippen LogP contribution in [0.2, 0.25) is 0 Å². The fraction of sp³-hybridized carbons (Fsp3) is 0.250. The third-order valence-corrected chi connectivity index (χ3v) is 2.85. The van der Waals surface area contributed by atoms with E-state index in [1.54, 1.807) is 25.1 Å². The molecular weight excluding hydrogens is 276 g/mol. The van der Waals surface area contributed by atoms with Gasteiger partial charge < -0.3 is 9.47 Å². The molecule has 9 heteroatoms. The van der Waals surface area contributed by atoms with Crippen LogP contribution in [0.5, 0.6) is 11.5 Å². The maximum absolute atomic E-state index is 11.6. The van der Waals surface area contributed by atoms with Crippen molar-refractivity contribution in [2.24, 2.45) is 5.11 Å². The van der Waals surface area contributed by atoms with Crippen molar-refractivity contribution in [2.75, 3.05) is 14.2 Å². The Balaban J connectivity index is 2.57. The highest BCUT2D eigenvalue weighted by atomic mass is 16.5. The Labute approximate surface area is 119 Å². The van der Waals surface area contributed by atoms with E-state index < -0.39 is 5.91 Å². The number of rotatable bonds is 4. The van der Waals surface area contributed by atoms with Crippen molar-refractivity contribution in [3.05, 3.63) is 40.0 Å². The number of carbonyl (C=O) groups is 1. The first kappa shape index (κ1) is 14.4. The highest BCUT2D eigenvalue weighted by molar-refractivity contribution is 5.93. The molecule has 0 radical (unpaired) electrons. The van der Waals surface area contributed by atoms with Crippen LogP contribution >= 0.6 is 0 Å². The molecule has 0 bridgehead atoms. The van der Waals surface area contributed by atoms with Gasteiger partial charge in [0.05, 0.1) is 19.9 Å². The van der Waals surface area contributed by atoms with Gasteiger partial charge in [0, 0.05) is 11.0 Å². The number of aromatic nitrogens is 3.